The number of aromatic nitrogens is 2. The zero-order chi connectivity index (χ0) is 16.5. The fourth-order valence-corrected chi connectivity index (χ4v) is 3.55. The molecule has 120 valence electrons. The van der Waals surface area contributed by atoms with E-state index in [1.807, 2.05) is 54.7 Å². The molecule has 0 saturated carbocycles. The fraction of sp³-hybridized carbons (Fsp3) is 0.111. The highest BCUT2D eigenvalue weighted by Crippen LogP contribution is 2.40. The first-order chi connectivity index (χ1) is 11.7. The number of pyridine rings is 1. The van der Waals surface area contributed by atoms with Crippen LogP contribution in [0.15, 0.2) is 67.0 Å². The van der Waals surface area contributed by atoms with Crippen LogP contribution in [0.4, 0.5) is 5.69 Å². The molecular weight excluding hydrogens is 340 g/mol. The topological polar surface area (TPSA) is 44.0 Å². The van der Waals surface area contributed by atoms with Gasteiger partial charge in [0.1, 0.15) is 6.04 Å². The summed E-state index contributed by atoms with van der Waals surface area (Å²) in [5.41, 5.74) is 3.03. The second kappa shape index (κ2) is 6.26. The Morgan fingerprint density at radius 3 is 2.54 bits per heavy atom. The van der Waals surface area contributed by atoms with Gasteiger partial charge in [0.05, 0.1) is 11.7 Å². The lowest BCUT2D eigenvalue weighted by atomic mass is 10.0. The summed E-state index contributed by atoms with van der Waals surface area (Å²) in [5, 5.41) is 4.79. The molecule has 1 fully saturated rings. The van der Waals surface area contributed by atoms with Crippen LogP contribution in [0.5, 0.6) is 0 Å². The van der Waals surface area contributed by atoms with Gasteiger partial charge < -0.3 is 15.2 Å². The van der Waals surface area contributed by atoms with Crippen LogP contribution in [-0.4, -0.2) is 15.1 Å². The van der Waals surface area contributed by atoms with Gasteiger partial charge in [-0.2, -0.15) is 0 Å². The molecule has 1 aliphatic heterocycles. The lowest BCUT2D eigenvalue weighted by molar-refractivity contribution is 0.558. The quantitative estimate of drug-likeness (QED) is 0.690. The molecule has 0 radical (unpaired) electrons. The van der Waals surface area contributed by atoms with Crippen LogP contribution >= 0.6 is 23.8 Å². The summed E-state index contributed by atoms with van der Waals surface area (Å²) < 4.78 is 0. The van der Waals surface area contributed by atoms with Crippen LogP contribution in [0, 0.1) is 0 Å². The third kappa shape index (κ3) is 2.66. The van der Waals surface area contributed by atoms with Crippen LogP contribution in [0.2, 0.25) is 5.02 Å². The minimum Gasteiger partial charge on any atom is -0.363 e. The first-order valence-electron chi connectivity index (χ1n) is 7.63. The number of H-pyrrole nitrogens is 1. The molecule has 4 rings (SSSR count). The van der Waals surface area contributed by atoms with Gasteiger partial charge >= 0.3 is 0 Å². The van der Waals surface area contributed by atoms with Crippen molar-refractivity contribution in [3.8, 4) is 0 Å². The van der Waals surface area contributed by atoms with E-state index in [9.17, 15) is 0 Å². The minimum atomic E-state index is -0.0342. The number of halogens is 1. The van der Waals surface area contributed by atoms with E-state index in [4.69, 9.17) is 23.8 Å². The monoisotopic (exact) mass is 354 g/mol. The summed E-state index contributed by atoms with van der Waals surface area (Å²) >= 11 is 11.7. The minimum absolute atomic E-state index is 0.0106. The third-order valence-corrected chi connectivity index (χ3v) is 4.71. The van der Waals surface area contributed by atoms with Crippen molar-refractivity contribution in [2.45, 2.75) is 12.1 Å². The molecular formula is C18H15ClN4S. The van der Waals surface area contributed by atoms with Gasteiger partial charge in [-0.05, 0) is 60.7 Å². The number of nitrogens with one attached hydrogen (secondary N) is 2. The van der Waals surface area contributed by atoms with Crippen LogP contribution in [-0.2, 0) is 0 Å². The van der Waals surface area contributed by atoms with Crippen molar-refractivity contribution in [2.75, 3.05) is 4.90 Å². The smallest absolute Gasteiger partial charge is 0.174 e. The Kier molecular flexibility index (Phi) is 3.96. The Morgan fingerprint density at radius 2 is 1.88 bits per heavy atom. The van der Waals surface area contributed by atoms with Crippen LogP contribution in [0.1, 0.15) is 23.5 Å². The second-order valence-corrected chi connectivity index (χ2v) is 6.42. The van der Waals surface area contributed by atoms with Crippen molar-refractivity contribution in [2.24, 2.45) is 0 Å². The lowest BCUT2D eigenvalue weighted by Gasteiger charge is -2.27. The number of hydrogen-bond donors (Lipinski definition) is 2. The van der Waals surface area contributed by atoms with Gasteiger partial charge in [-0.25, -0.2) is 0 Å². The normalized spacial score (nSPS) is 20.2. The molecule has 24 heavy (non-hydrogen) atoms. The standard InChI is InChI=1S/C18H15ClN4S/c19-12-6-8-13(9-7-12)23-17(15-5-3-11-21-15)16(22-18(23)24)14-4-1-2-10-20-14/h1-11,16-17,21H,(H,22,24). The van der Waals surface area contributed by atoms with E-state index in [0.717, 1.165) is 17.1 Å². The molecule has 3 aromatic rings. The highest BCUT2D eigenvalue weighted by atomic mass is 35.5. The molecule has 2 atom stereocenters. The number of anilines is 1. The Hall–Kier alpha value is -2.37. The first kappa shape index (κ1) is 15.2. The molecule has 2 N–H and O–H groups in total. The molecule has 1 aromatic carbocycles. The fourth-order valence-electron chi connectivity index (χ4n) is 3.08. The number of benzene rings is 1. The van der Waals surface area contributed by atoms with E-state index in [1.165, 1.54) is 0 Å². The van der Waals surface area contributed by atoms with Gasteiger partial charge in [0.15, 0.2) is 5.11 Å². The Morgan fingerprint density at radius 1 is 1.04 bits per heavy atom. The van der Waals surface area contributed by atoms with Crippen molar-refractivity contribution in [1.29, 1.82) is 0 Å². The molecule has 0 bridgehead atoms. The van der Waals surface area contributed by atoms with Crippen LogP contribution < -0.4 is 10.2 Å². The first-order valence-corrected chi connectivity index (χ1v) is 8.42. The summed E-state index contributed by atoms with van der Waals surface area (Å²) in [7, 11) is 0. The van der Waals surface area contributed by atoms with Gasteiger partial charge in [0.2, 0.25) is 0 Å². The van der Waals surface area contributed by atoms with E-state index >= 15 is 0 Å². The van der Waals surface area contributed by atoms with Crippen LogP contribution in [0.3, 0.4) is 0 Å². The average molecular weight is 355 g/mol. The maximum Gasteiger partial charge on any atom is 0.174 e. The molecule has 6 heteroatoms. The molecule has 1 aliphatic rings. The molecule has 0 aliphatic carbocycles. The Balaban J connectivity index is 1.80. The SMILES string of the molecule is S=C1NC(c2ccccn2)C(c2ccc[nH]2)N1c1ccc(Cl)cc1. The predicted molar refractivity (Wildman–Crippen MR) is 100 cm³/mol. The van der Waals surface area contributed by atoms with E-state index in [1.54, 1.807) is 6.20 Å². The highest BCUT2D eigenvalue weighted by molar-refractivity contribution is 7.80. The zero-order valence-corrected chi connectivity index (χ0v) is 14.3. The number of rotatable bonds is 3. The summed E-state index contributed by atoms with van der Waals surface area (Å²) in [6.45, 7) is 0. The number of aromatic amines is 1. The maximum absolute atomic E-state index is 6.03. The Bertz CT molecular complexity index is 833. The second-order valence-electron chi connectivity index (χ2n) is 5.60. The summed E-state index contributed by atoms with van der Waals surface area (Å²) in [4.78, 5) is 9.94. The van der Waals surface area contributed by atoms with E-state index in [2.05, 4.69) is 26.3 Å². The average Bonchev–Trinajstić information content (AvgIpc) is 3.24. The van der Waals surface area contributed by atoms with Crippen molar-refractivity contribution in [3.63, 3.8) is 0 Å². The third-order valence-electron chi connectivity index (χ3n) is 4.14. The van der Waals surface area contributed by atoms with Crippen molar-refractivity contribution < 1.29 is 0 Å². The molecule has 4 nitrogen and oxygen atoms in total. The molecule has 2 unspecified atom stereocenters. The summed E-state index contributed by atoms with van der Waals surface area (Å²) in [6.07, 6.45) is 3.73. The van der Waals surface area contributed by atoms with Gasteiger partial charge in [-0.3, -0.25) is 4.98 Å². The highest BCUT2D eigenvalue weighted by Gasteiger charge is 2.41. The van der Waals surface area contributed by atoms with Gasteiger partial charge in [-0.1, -0.05) is 17.7 Å². The maximum atomic E-state index is 6.03. The number of nitrogens with zero attached hydrogens (tertiary/aromatic N) is 2. The van der Waals surface area contributed by atoms with E-state index in [-0.39, 0.29) is 12.1 Å². The lowest BCUT2D eigenvalue weighted by Crippen LogP contribution is -2.29. The summed E-state index contributed by atoms with van der Waals surface area (Å²) in [5.74, 6) is 0. The van der Waals surface area contributed by atoms with Crippen molar-refractivity contribution in [1.82, 2.24) is 15.3 Å². The van der Waals surface area contributed by atoms with Gasteiger partial charge in [-0.15, -0.1) is 0 Å². The largest absolute Gasteiger partial charge is 0.363 e. The van der Waals surface area contributed by atoms with E-state index in [0.29, 0.717) is 10.1 Å². The molecule has 3 heterocycles. The van der Waals surface area contributed by atoms with Gasteiger partial charge in [0.25, 0.3) is 0 Å². The molecule has 1 saturated heterocycles. The zero-order valence-electron chi connectivity index (χ0n) is 12.7. The van der Waals surface area contributed by atoms with E-state index < -0.39 is 0 Å². The molecule has 0 spiro atoms. The number of hydrogen-bond acceptors (Lipinski definition) is 2. The number of thiocarbonyl (C=S) groups is 1. The molecule has 0 amide bonds. The molecule has 2 aromatic heterocycles. The van der Waals surface area contributed by atoms with Crippen molar-refractivity contribution >= 4 is 34.6 Å². The Labute approximate surface area is 150 Å². The van der Waals surface area contributed by atoms with Gasteiger partial charge in [0, 0.05) is 28.8 Å². The van der Waals surface area contributed by atoms with Crippen molar-refractivity contribution in [3.05, 3.63) is 83.4 Å². The summed E-state index contributed by atoms with van der Waals surface area (Å²) in [6, 6.07) is 17.6. The van der Waals surface area contributed by atoms with Crippen LogP contribution in [0.25, 0.3) is 0 Å². The predicted octanol–water partition coefficient (Wildman–Crippen LogP) is 4.24.